The minimum absolute atomic E-state index is 0.103. The molecule has 120 valence electrons. The summed E-state index contributed by atoms with van der Waals surface area (Å²) in [5.74, 6) is -0.0970. The van der Waals surface area contributed by atoms with Gasteiger partial charge in [0.2, 0.25) is 5.91 Å². The fourth-order valence-corrected chi connectivity index (χ4v) is 2.29. The first-order valence-corrected chi connectivity index (χ1v) is 7.80. The van der Waals surface area contributed by atoms with Crippen LogP contribution in [0.3, 0.4) is 0 Å². The Morgan fingerprint density at radius 2 is 1.61 bits per heavy atom. The number of hydrogen-bond acceptors (Lipinski definition) is 1. The topological polar surface area (TPSA) is 29.1 Å². The van der Waals surface area contributed by atoms with Crippen molar-refractivity contribution >= 4 is 12.0 Å². The number of carbonyl (C=O) groups excluding carboxylic acids is 1. The molecule has 0 radical (unpaired) electrons. The van der Waals surface area contributed by atoms with Crippen LogP contribution in [0.5, 0.6) is 0 Å². The molecule has 0 saturated carbocycles. The Balaban J connectivity index is 1.98. The van der Waals surface area contributed by atoms with Crippen molar-refractivity contribution in [1.29, 1.82) is 0 Å². The van der Waals surface area contributed by atoms with E-state index in [1.54, 1.807) is 18.2 Å². The largest absolute Gasteiger partial charge is 0.346 e. The Morgan fingerprint density at radius 3 is 2.22 bits per heavy atom. The van der Waals surface area contributed by atoms with Crippen molar-refractivity contribution in [1.82, 2.24) is 5.32 Å². The van der Waals surface area contributed by atoms with E-state index in [2.05, 4.69) is 31.3 Å². The Bertz CT molecular complexity index is 689. The summed E-state index contributed by atoms with van der Waals surface area (Å²) in [6, 6.07) is 14.5. The maximum atomic E-state index is 13.5. The van der Waals surface area contributed by atoms with Gasteiger partial charge in [0.25, 0.3) is 0 Å². The van der Waals surface area contributed by atoms with Crippen molar-refractivity contribution in [3.05, 3.63) is 77.1 Å². The first-order valence-electron chi connectivity index (χ1n) is 7.80. The number of carbonyl (C=O) groups is 1. The molecule has 23 heavy (non-hydrogen) atoms. The highest BCUT2D eigenvalue weighted by Crippen LogP contribution is 2.18. The second-order valence-corrected chi connectivity index (χ2v) is 5.91. The summed E-state index contributed by atoms with van der Waals surface area (Å²) in [6.07, 6.45) is 2.84. The van der Waals surface area contributed by atoms with Crippen LogP contribution in [0, 0.1) is 5.82 Å². The zero-order chi connectivity index (χ0) is 16.8. The molecule has 0 bridgehead atoms. The van der Waals surface area contributed by atoms with Crippen LogP contribution >= 0.6 is 0 Å². The van der Waals surface area contributed by atoms with Gasteiger partial charge in [0, 0.05) is 11.6 Å². The molecule has 1 atom stereocenters. The molecule has 2 aromatic rings. The summed E-state index contributed by atoms with van der Waals surface area (Å²) in [4.78, 5) is 12.0. The van der Waals surface area contributed by atoms with E-state index < -0.39 is 0 Å². The molecule has 0 fully saturated rings. The molecule has 0 aliphatic carbocycles. The summed E-state index contributed by atoms with van der Waals surface area (Å²) < 4.78 is 13.5. The van der Waals surface area contributed by atoms with Crippen LogP contribution in [0.4, 0.5) is 4.39 Å². The van der Waals surface area contributed by atoms with Crippen LogP contribution in [0.25, 0.3) is 6.08 Å². The smallest absolute Gasteiger partial charge is 0.244 e. The van der Waals surface area contributed by atoms with Gasteiger partial charge in [0.1, 0.15) is 5.82 Å². The lowest BCUT2D eigenvalue weighted by atomic mass is 9.99. The van der Waals surface area contributed by atoms with Gasteiger partial charge in [-0.15, -0.1) is 0 Å². The van der Waals surface area contributed by atoms with Gasteiger partial charge in [0.15, 0.2) is 0 Å². The minimum Gasteiger partial charge on any atom is -0.346 e. The van der Waals surface area contributed by atoms with Gasteiger partial charge in [-0.2, -0.15) is 0 Å². The summed E-state index contributed by atoms with van der Waals surface area (Å²) in [5.41, 5.74) is 2.71. The Hall–Kier alpha value is -2.42. The average Bonchev–Trinajstić information content (AvgIpc) is 2.54. The maximum Gasteiger partial charge on any atom is 0.244 e. The van der Waals surface area contributed by atoms with Gasteiger partial charge in [0.05, 0.1) is 6.04 Å². The zero-order valence-electron chi connectivity index (χ0n) is 13.7. The number of hydrogen-bond donors (Lipinski definition) is 1. The summed E-state index contributed by atoms with van der Waals surface area (Å²) >= 11 is 0. The monoisotopic (exact) mass is 311 g/mol. The molecule has 2 rings (SSSR count). The van der Waals surface area contributed by atoms with Crippen molar-refractivity contribution in [2.24, 2.45) is 0 Å². The predicted octanol–water partition coefficient (Wildman–Crippen LogP) is 4.84. The van der Waals surface area contributed by atoms with Gasteiger partial charge >= 0.3 is 0 Å². The molecule has 1 amide bonds. The molecular formula is C20H22FNO. The molecule has 1 N–H and O–H groups in total. The highest BCUT2D eigenvalue weighted by molar-refractivity contribution is 5.92. The van der Waals surface area contributed by atoms with Crippen LogP contribution in [-0.2, 0) is 4.79 Å². The number of halogens is 1. The predicted molar refractivity (Wildman–Crippen MR) is 92.5 cm³/mol. The minimum atomic E-state index is -0.339. The van der Waals surface area contributed by atoms with Crippen molar-refractivity contribution in [3.63, 3.8) is 0 Å². The lowest BCUT2D eigenvalue weighted by Crippen LogP contribution is -2.24. The first-order chi connectivity index (χ1) is 11.0. The van der Waals surface area contributed by atoms with E-state index in [4.69, 9.17) is 0 Å². The molecule has 3 heteroatoms. The number of amides is 1. The van der Waals surface area contributed by atoms with Crippen molar-refractivity contribution in [2.45, 2.75) is 32.7 Å². The molecule has 0 saturated heterocycles. The standard InChI is InChI=1S/C20H22FNO/c1-14(2)16-8-10-17(11-9-16)15(3)22-20(23)13-12-18-6-4-5-7-19(18)21/h4-15H,1-3H3,(H,22,23)/b13-12+. The van der Waals surface area contributed by atoms with E-state index in [1.165, 1.54) is 23.8 Å². The second kappa shape index (κ2) is 7.73. The van der Waals surface area contributed by atoms with Gasteiger partial charge in [-0.05, 0) is 36.1 Å². The SMILES string of the molecule is CC(C)c1ccc(C(C)NC(=O)/C=C/c2ccccc2F)cc1. The third kappa shape index (κ3) is 4.78. The molecular weight excluding hydrogens is 289 g/mol. The lowest BCUT2D eigenvalue weighted by molar-refractivity contribution is -0.117. The third-order valence-electron chi connectivity index (χ3n) is 3.78. The molecule has 0 heterocycles. The lowest BCUT2D eigenvalue weighted by Gasteiger charge is -2.14. The average molecular weight is 311 g/mol. The van der Waals surface area contributed by atoms with Gasteiger partial charge in [-0.25, -0.2) is 4.39 Å². The fraction of sp³-hybridized carbons (Fsp3) is 0.250. The molecule has 2 aromatic carbocycles. The van der Waals surface area contributed by atoms with Crippen molar-refractivity contribution in [2.75, 3.05) is 0 Å². The quantitative estimate of drug-likeness (QED) is 0.787. The molecule has 1 unspecified atom stereocenters. The number of rotatable bonds is 5. The Morgan fingerprint density at radius 1 is 1.00 bits per heavy atom. The second-order valence-electron chi connectivity index (χ2n) is 5.91. The Labute approximate surface area is 137 Å². The van der Waals surface area contributed by atoms with Crippen LogP contribution < -0.4 is 5.32 Å². The van der Waals surface area contributed by atoms with E-state index in [9.17, 15) is 9.18 Å². The van der Waals surface area contributed by atoms with Crippen LogP contribution in [0.1, 0.15) is 49.4 Å². The maximum absolute atomic E-state index is 13.5. The fourth-order valence-electron chi connectivity index (χ4n) is 2.29. The summed E-state index contributed by atoms with van der Waals surface area (Å²) in [7, 11) is 0. The normalized spacial score (nSPS) is 12.6. The van der Waals surface area contributed by atoms with Gasteiger partial charge < -0.3 is 5.32 Å². The molecule has 2 nitrogen and oxygen atoms in total. The van der Waals surface area contributed by atoms with Crippen LogP contribution in [0.15, 0.2) is 54.6 Å². The van der Waals surface area contributed by atoms with E-state index in [1.807, 2.05) is 19.1 Å². The highest BCUT2D eigenvalue weighted by atomic mass is 19.1. The summed E-state index contributed by atoms with van der Waals surface area (Å²) in [6.45, 7) is 6.22. The number of nitrogens with one attached hydrogen (secondary N) is 1. The highest BCUT2D eigenvalue weighted by Gasteiger charge is 2.08. The van der Waals surface area contributed by atoms with Crippen LogP contribution in [0.2, 0.25) is 0 Å². The zero-order valence-corrected chi connectivity index (χ0v) is 13.7. The van der Waals surface area contributed by atoms with Crippen molar-refractivity contribution in [3.8, 4) is 0 Å². The van der Waals surface area contributed by atoms with E-state index in [0.29, 0.717) is 11.5 Å². The van der Waals surface area contributed by atoms with Crippen molar-refractivity contribution < 1.29 is 9.18 Å². The van der Waals surface area contributed by atoms with Crippen LogP contribution in [-0.4, -0.2) is 5.91 Å². The van der Waals surface area contributed by atoms with E-state index in [0.717, 1.165) is 5.56 Å². The van der Waals surface area contributed by atoms with Gasteiger partial charge in [-0.1, -0.05) is 56.3 Å². The summed E-state index contributed by atoms with van der Waals surface area (Å²) in [5, 5.41) is 2.89. The first kappa shape index (κ1) is 16.9. The van der Waals surface area contributed by atoms with E-state index in [-0.39, 0.29) is 17.8 Å². The molecule has 0 aliphatic heterocycles. The molecule has 0 aromatic heterocycles. The molecule has 0 spiro atoms. The third-order valence-corrected chi connectivity index (χ3v) is 3.78. The number of benzene rings is 2. The Kier molecular flexibility index (Phi) is 5.69. The van der Waals surface area contributed by atoms with Gasteiger partial charge in [-0.3, -0.25) is 4.79 Å². The van der Waals surface area contributed by atoms with E-state index >= 15 is 0 Å². The molecule has 0 aliphatic rings.